The first-order valence-corrected chi connectivity index (χ1v) is 39.0. The number of amides is 5. The lowest BCUT2D eigenvalue weighted by Crippen LogP contribution is -2.50. The number of aromatic carboxylic acids is 1. The van der Waals surface area contributed by atoms with Crippen LogP contribution >= 0.6 is 34.0 Å². The smallest absolute Gasteiger partial charge is 0.350 e. The molecule has 0 spiro atoms. The van der Waals surface area contributed by atoms with E-state index < -0.39 is 5.97 Å². The Kier molecular flexibility index (Phi) is 26.7. The molecule has 6 aliphatic carbocycles. The van der Waals surface area contributed by atoms with Crippen LogP contribution in [0.3, 0.4) is 0 Å². The number of nitrogens with one attached hydrogen (secondary N) is 1. The van der Waals surface area contributed by atoms with Gasteiger partial charge in [-0.25, -0.2) is 14.4 Å². The highest BCUT2D eigenvalue weighted by atomic mass is 32.1. The summed E-state index contributed by atoms with van der Waals surface area (Å²) >= 11 is 4.27. The van der Waals surface area contributed by atoms with E-state index in [2.05, 4.69) is 56.4 Å². The van der Waals surface area contributed by atoms with Crippen LogP contribution < -0.4 is 20.0 Å². The molecule has 96 heavy (non-hydrogen) atoms. The number of carbonyl (C=O) groups is 8. The maximum atomic E-state index is 14.0. The van der Waals surface area contributed by atoms with E-state index in [-0.39, 0.29) is 70.4 Å². The summed E-state index contributed by atoms with van der Waals surface area (Å²) in [6, 6.07) is 6.18. The molecule has 3 aromatic heterocycles. The van der Waals surface area contributed by atoms with E-state index in [0.29, 0.717) is 77.9 Å². The number of allylic oxidation sites excluding steroid dienone is 6. The summed E-state index contributed by atoms with van der Waals surface area (Å²) < 4.78 is 10.3. The summed E-state index contributed by atoms with van der Waals surface area (Å²) in [6.07, 6.45) is 38.4. The van der Waals surface area contributed by atoms with Crippen molar-refractivity contribution in [3.63, 3.8) is 0 Å². The molecule has 0 bridgehead atoms. The zero-order valence-electron chi connectivity index (χ0n) is 57.8. The van der Waals surface area contributed by atoms with Crippen molar-refractivity contribution in [1.82, 2.24) is 15.1 Å². The number of rotatable bonds is 17. The topological polar surface area (TPSA) is 203 Å². The number of likely N-dealkylation sites (tertiary alicyclic amines) is 2. The average Bonchev–Trinajstić information content (AvgIpc) is 1.61. The molecule has 20 heteroatoms. The zero-order chi connectivity index (χ0) is 67.8. The van der Waals surface area contributed by atoms with Crippen LogP contribution in [0.1, 0.15) is 257 Å². The van der Waals surface area contributed by atoms with Crippen molar-refractivity contribution in [3.8, 4) is 0 Å². The van der Waals surface area contributed by atoms with Crippen LogP contribution in [0.5, 0.6) is 0 Å². The second-order valence-electron chi connectivity index (χ2n) is 28.9. The molecule has 0 atom stereocenters. The van der Waals surface area contributed by atoms with Crippen molar-refractivity contribution in [2.45, 2.75) is 232 Å². The van der Waals surface area contributed by atoms with E-state index in [1.807, 2.05) is 20.8 Å². The molecular formula is C76H106N6O11S3. The van der Waals surface area contributed by atoms with E-state index in [1.54, 1.807) is 9.80 Å². The van der Waals surface area contributed by atoms with Gasteiger partial charge in [0, 0.05) is 76.7 Å². The molecule has 3 saturated carbocycles. The Morgan fingerprint density at radius 3 is 1.03 bits per heavy atom. The minimum atomic E-state index is -0.965. The third-order valence-corrected chi connectivity index (χ3v) is 25.7. The third-order valence-electron chi connectivity index (χ3n) is 22.2. The molecule has 9 aliphatic rings. The van der Waals surface area contributed by atoms with Gasteiger partial charge >= 0.3 is 17.9 Å². The fourth-order valence-corrected chi connectivity index (χ4v) is 19.5. The van der Waals surface area contributed by atoms with Crippen molar-refractivity contribution < 1.29 is 52.9 Å². The number of hydrogen-bond donors (Lipinski definition) is 2. The van der Waals surface area contributed by atoms with Crippen molar-refractivity contribution in [2.75, 3.05) is 68.2 Å². The highest BCUT2D eigenvalue weighted by Crippen LogP contribution is 2.46. The molecule has 0 aromatic carbocycles. The van der Waals surface area contributed by atoms with Gasteiger partial charge < -0.3 is 44.4 Å². The molecule has 17 nitrogen and oxygen atoms in total. The molecule has 12 rings (SSSR count). The molecule has 3 aliphatic heterocycles. The SMILES string of the molecule is CC1CCC(C(=O)N(c2cc(C3=CCCCC3)sc2C(=O)O)C2CCN(C=O)CC2)CC1.COC(=O)c1sc(C2=CCCCC2)cc1N(C(=O)C1CCC(C)CC1)C1CCN(C=O)CC1.COC(=O)c1sc(C2=CCCCC2)cc1N(C(=O)C1CCC(C)CC1)C1CCNCC1. The van der Waals surface area contributed by atoms with E-state index in [4.69, 9.17) is 9.47 Å². The Balaban J connectivity index is 0.000000157. The monoisotopic (exact) mass is 1370 g/mol. The summed E-state index contributed by atoms with van der Waals surface area (Å²) in [7, 11) is 2.84. The van der Waals surface area contributed by atoms with Gasteiger partial charge in [-0.2, -0.15) is 0 Å². The predicted octanol–water partition coefficient (Wildman–Crippen LogP) is 15.9. The van der Waals surface area contributed by atoms with Crippen LogP contribution in [-0.4, -0.2) is 135 Å². The molecule has 524 valence electrons. The fourth-order valence-electron chi connectivity index (χ4n) is 16.1. The quantitative estimate of drug-likeness (QED) is 0.0957. The Morgan fingerprint density at radius 1 is 0.448 bits per heavy atom. The minimum absolute atomic E-state index is 0.00644. The first-order chi connectivity index (χ1) is 46.6. The highest BCUT2D eigenvalue weighted by molar-refractivity contribution is 7.16. The van der Waals surface area contributed by atoms with E-state index in [1.165, 1.54) is 90.6 Å². The molecule has 0 radical (unpaired) electrons. The van der Waals surface area contributed by atoms with Crippen LogP contribution in [0.4, 0.5) is 17.1 Å². The Hall–Kier alpha value is -5.96. The van der Waals surface area contributed by atoms with Crippen molar-refractivity contribution in [3.05, 3.63) is 65.7 Å². The molecule has 6 fully saturated rings. The Bertz CT molecular complexity index is 3260. The highest BCUT2D eigenvalue weighted by Gasteiger charge is 2.41. The van der Waals surface area contributed by atoms with Gasteiger partial charge in [0.15, 0.2) is 0 Å². The van der Waals surface area contributed by atoms with Crippen LogP contribution in [0.2, 0.25) is 0 Å². The number of anilines is 3. The van der Waals surface area contributed by atoms with Gasteiger partial charge in [-0.1, -0.05) is 39.0 Å². The second kappa shape index (κ2) is 35.2. The molecule has 5 amide bonds. The van der Waals surface area contributed by atoms with Gasteiger partial charge in [-0.3, -0.25) is 24.0 Å². The Labute approximate surface area is 581 Å². The van der Waals surface area contributed by atoms with Gasteiger partial charge in [0.05, 0.1) is 31.3 Å². The maximum Gasteiger partial charge on any atom is 0.350 e. The number of carbonyl (C=O) groups excluding carboxylic acids is 7. The minimum Gasteiger partial charge on any atom is -0.477 e. The average molecular weight is 1380 g/mol. The number of ether oxygens (including phenoxy) is 2. The van der Waals surface area contributed by atoms with E-state index >= 15 is 0 Å². The fraction of sp³-hybridized carbons (Fsp3) is 0.658. The lowest BCUT2D eigenvalue weighted by atomic mass is 9.82. The zero-order valence-corrected chi connectivity index (χ0v) is 60.2. The normalized spacial score (nSPS) is 24.6. The number of esters is 2. The molecule has 0 unspecified atom stereocenters. The first kappa shape index (κ1) is 72.8. The van der Waals surface area contributed by atoms with Crippen molar-refractivity contribution in [2.24, 2.45) is 35.5 Å². The lowest BCUT2D eigenvalue weighted by molar-refractivity contribution is -0.125. The van der Waals surface area contributed by atoms with Gasteiger partial charge in [0.25, 0.3) is 0 Å². The molecule has 2 N–H and O–H groups in total. The summed E-state index contributed by atoms with van der Waals surface area (Å²) in [5, 5.41) is 13.4. The van der Waals surface area contributed by atoms with Crippen LogP contribution in [0.15, 0.2) is 36.4 Å². The summed E-state index contributed by atoms with van der Waals surface area (Å²) in [5.74, 6) is 0.774. The molecule has 3 saturated heterocycles. The van der Waals surface area contributed by atoms with E-state index in [0.717, 1.165) is 200 Å². The maximum absolute atomic E-state index is 14.0. The first-order valence-electron chi connectivity index (χ1n) is 36.6. The molecular weight excluding hydrogens is 1270 g/mol. The van der Waals surface area contributed by atoms with Crippen LogP contribution in [0, 0.1) is 35.5 Å². The summed E-state index contributed by atoms with van der Waals surface area (Å²) in [6.45, 7) is 11.1. The number of carboxylic acid groups (broad SMARTS) is 1. The number of piperidine rings is 3. The van der Waals surface area contributed by atoms with Crippen molar-refractivity contribution >= 4 is 116 Å². The number of carboxylic acids is 1. The molecule has 3 aromatic rings. The standard InChI is InChI=1S/C26H36N2O4S.C25H34N2O4S.C25H36N2O3S/c1-18-8-10-20(11-9-18)25(30)28(21-12-14-27(17-29)15-13-21)22-16-23(19-6-4-3-5-7-19)33-24(22)26(31)32-2;1-17-7-9-19(10-8-17)24(29)27(20-11-13-26(16-28)14-12-20)21-15-22(32-23(21)25(30)31)18-5-3-2-4-6-18;1-17-8-10-19(11-9-17)24(28)27(20-12-14-26-15-13-20)21-16-22(18-6-4-3-5-7-18)31-23(21)25(29)30-2/h6,16-18,20-21H,3-5,7-15H2,1-2H3;5,15-17,19-20H,2-4,6-14H2,1H3,(H,30,31);6,16-17,19-20,26H,3-5,7-15H2,1-2H3. The second-order valence-corrected chi connectivity index (χ2v) is 32.1. The largest absolute Gasteiger partial charge is 0.477 e. The van der Waals surface area contributed by atoms with Crippen molar-refractivity contribution in [1.29, 1.82) is 0 Å². The number of hydrogen-bond acceptors (Lipinski definition) is 14. The summed E-state index contributed by atoms with van der Waals surface area (Å²) in [4.78, 5) is 116. The van der Waals surface area contributed by atoms with Gasteiger partial charge in [0.2, 0.25) is 30.5 Å². The third kappa shape index (κ3) is 18.1. The number of nitrogens with zero attached hydrogens (tertiary/aromatic N) is 5. The van der Waals surface area contributed by atoms with Crippen LogP contribution in [-0.2, 0) is 33.4 Å². The lowest BCUT2D eigenvalue weighted by Gasteiger charge is -2.39. The number of methoxy groups -OCH3 is 2. The van der Waals surface area contributed by atoms with Gasteiger partial charge in [0.1, 0.15) is 14.6 Å². The molecule has 6 heterocycles. The van der Waals surface area contributed by atoms with Gasteiger partial charge in [-0.15, -0.1) is 34.0 Å². The van der Waals surface area contributed by atoms with E-state index in [9.17, 15) is 43.5 Å². The summed E-state index contributed by atoms with van der Waals surface area (Å²) in [5.41, 5.74) is 5.87. The number of thiophene rings is 3. The Morgan fingerprint density at radius 2 is 0.750 bits per heavy atom. The van der Waals surface area contributed by atoms with Crippen LogP contribution in [0.25, 0.3) is 16.7 Å². The van der Waals surface area contributed by atoms with Gasteiger partial charge in [-0.05, 0) is 258 Å². The predicted molar refractivity (Wildman–Crippen MR) is 385 cm³/mol.